The molecule has 0 aliphatic carbocycles. The van der Waals surface area contributed by atoms with Crippen molar-refractivity contribution in [3.8, 4) is 11.5 Å². The molecular formula is C24H24N2O2. The van der Waals surface area contributed by atoms with Crippen molar-refractivity contribution in [1.82, 2.24) is 5.32 Å². The number of benzene rings is 3. The molecular weight excluding hydrogens is 348 g/mol. The van der Waals surface area contributed by atoms with Crippen LogP contribution >= 0.6 is 0 Å². The fourth-order valence-corrected chi connectivity index (χ4v) is 3.68. The van der Waals surface area contributed by atoms with Crippen molar-refractivity contribution >= 4 is 5.84 Å². The largest absolute Gasteiger partial charge is 0.497 e. The molecule has 2 atom stereocenters. The normalized spacial score (nSPS) is 18.3. The Morgan fingerprint density at radius 3 is 2.14 bits per heavy atom. The van der Waals surface area contributed by atoms with Crippen LogP contribution in [-0.2, 0) is 6.42 Å². The Bertz CT molecular complexity index is 955. The van der Waals surface area contributed by atoms with Gasteiger partial charge in [0.25, 0.3) is 0 Å². The number of rotatable bonds is 6. The van der Waals surface area contributed by atoms with E-state index < -0.39 is 0 Å². The standard InChI is InChI=1S/C24H24N2O2/c1-27-20-13-14-21(28-2)19(15-20)16-22-25-23(17-9-5-3-6-10-17)24(26-22)18-11-7-4-8-12-18/h3-15,23-24H,16H2,1-2H3,(H,25,26). The second-order valence-electron chi connectivity index (χ2n) is 6.82. The van der Waals surface area contributed by atoms with E-state index >= 15 is 0 Å². The predicted octanol–water partition coefficient (Wildman–Crippen LogP) is 4.73. The molecule has 0 aromatic heterocycles. The van der Waals surface area contributed by atoms with Gasteiger partial charge in [0.15, 0.2) is 0 Å². The quantitative estimate of drug-likeness (QED) is 0.680. The summed E-state index contributed by atoms with van der Waals surface area (Å²) in [6.45, 7) is 0. The van der Waals surface area contributed by atoms with Crippen LogP contribution in [0.3, 0.4) is 0 Å². The maximum atomic E-state index is 5.54. The molecule has 0 radical (unpaired) electrons. The van der Waals surface area contributed by atoms with Crippen LogP contribution in [0.2, 0.25) is 0 Å². The highest BCUT2D eigenvalue weighted by Gasteiger charge is 2.31. The highest BCUT2D eigenvalue weighted by molar-refractivity contribution is 5.87. The zero-order valence-corrected chi connectivity index (χ0v) is 16.1. The van der Waals surface area contributed by atoms with Gasteiger partial charge in [0.2, 0.25) is 0 Å². The number of nitrogens with one attached hydrogen (secondary N) is 1. The van der Waals surface area contributed by atoms with E-state index in [0.717, 1.165) is 22.9 Å². The Kier molecular flexibility index (Phi) is 5.29. The molecule has 1 heterocycles. The summed E-state index contributed by atoms with van der Waals surface area (Å²) in [6, 6.07) is 26.9. The van der Waals surface area contributed by atoms with Gasteiger partial charge in [-0.15, -0.1) is 0 Å². The number of nitrogens with zero attached hydrogens (tertiary/aromatic N) is 1. The minimum absolute atomic E-state index is 0.0372. The van der Waals surface area contributed by atoms with Crippen molar-refractivity contribution in [1.29, 1.82) is 0 Å². The van der Waals surface area contributed by atoms with Crippen molar-refractivity contribution in [2.75, 3.05) is 14.2 Å². The second-order valence-corrected chi connectivity index (χ2v) is 6.82. The van der Waals surface area contributed by atoms with Crippen LogP contribution in [0.4, 0.5) is 0 Å². The summed E-state index contributed by atoms with van der Waals surface area (Å²) in [4.78, 5) is 5.05. The third kappa shape index (κ3) is 3.72. The van der Waals surface area contributed by atoms with Crippen LogP contribution in [0.25, 0.3) is 0 Å². The Balaban J connectivity index is 1.67. The van der Waals surface area contributed by atoms with Crippen molar-refractivity contribution in [3.63, 3.8) is 0 Å². The second kappa shape index (κ2) is 8.17. The van der Waals surface area contributed by atoms with Crippen LogP contribution in [0.15, 0.2) is 83.9 Å². The number of hydrogen-bond acceptors (Lipinski definition) is 4. The first-order valence-corrected chi connectivity index (χ1v) is 9.42. The molecule has 0 spiro atoms. The number of hydrogen-bond donors (Lipinski definition) is 1. The minimum Gasteiger partial charge on any atom is -0.497 e. The van der Waals surface area contributed by atoms with Gasteiger partial charge in [-0.3, -0.25) is 4.99 Å². The first kappa shape index (κ1) is 18.1. The monoisotopic (exact) mass is 372 g/mol. The van der Waals surface area contributed by atoms with Crippen molar-refractivity contribution in [2.45, 2.75) is 18.5 Å². The number of ether oxygens (including phenoxy) is 2. The van der Waals surface area contributed by atoms with E-state index in [2.05, 4.69) is 53.8 Å². The van der Waals surface area contributed by atoms with Crippen LogP contribution in [0, 0.1) is 0 Å². The molecule has 0 fully saturated rings. The zero-order chi connectivity index (χ0) is 19.3. The SMILES string of the molecule is COc1ccc(OC)c(CC2=NC(c3ccccc3)C(c3ccccc3)N2)c1. The molecule has 1 aliphatic heterocycles. The Morgan fingerprint density at radius 1 is 0.821 bits per heavy atom. The van der Waals surface area contributed by atoms with Gasteiger partial charge in [-0.05, 0) is 29.3 Å². The van der Waals surface area contributed by atoms with Gasteiger partial charge < -0.3 is 14.8 Å². The van der Waals surface area contributed by atoms with Gasteiger partial charge in [0.1, 0.15) is 23.4 Å². The van der Waals surface area contributed by atoms with E-state index in [9.17, 15) is 0 Å². The number of methoxy groups -OCH3 is 2. The maximum Gasteiger partial charge on any atom is 0.122 e. The highest BCUT2D eigenvalue weighted by Crippen LogP contribution is 2.37. The molecule has 4 rings (SSSR count). The summed E-state index contributed by atoms with van der Waals surface area (Å²) in [5.41, 5.74) is 3.48. The summed E-state index contributed by atoms with van der Waals surface area (Å²) in [7, 11) is 3.36. The first-order valence-electron chi connectivity index (χ1n) is 9.42. The van der Waals surface area contributed by atoms with Gasteiger partial charge >= 0.3 is 0 Å². The smallest absolute Gasteiger partial charge is 0.122 e. The molecule has 1 N–H and O–H groups in total. The molecule has 0 saturated heterocycles. The lowest BCUT2D eigenvalue weighted by Gasteiger charge is -2.19. The molecule has 0 saturated carbocycles. The van der Waals surface area contributed by atoms with Crippen LogP contribution in [0.1, 0.15) is 28.8 Å². The molecule has 4 heteroatoms. The average molecular weight is 372 g/mol. The molecule has 0 bridgehead atoms. The van der Waals surface area contributed by atoms with Gasteiger partial charge in [-0.1, -0.05) is 60.7 Å². The summed E-state index contributed by atoms with van der Waals surface area (Å²) < 4.78 is 10.9. The Morgan fingerprint density at radius 2 is 1.50 bits per heavy atom. The first-order chi connectivity index (χ1) is 13.8. The predicted molar refractivity (Wildman–Crippen MR) is 112 cm³/mol. The van der Waals surface area contributed by atoms with Gasteiger partial charge in [-0.25, -0.2) is 0 Å². The van der Waals surface area contributed by atoms with E-state index in [1.54, 1.807) is 14.2 Å². The van der Waals surface area contributed by atoms with E-state index in [0.29, 0.717) is 6.42 Å². The van der Waals surface area contributed by atoms with Crippen molar-refractivity contribution in [3.05, 3.63) is 95.6 Å². The Labute approximate surface area is 165 Å². The fourth-order valence-electron chi connectivity index (χ4n) is 3.68. The summed E-state index contributed by atoms with van der Waals surface area (Å²) in [5.74, 6) is 2.60. The lowest BCUT2D eigenvalue weighted by atomic mass is 9.95. The summed E-state index contributed by atoms with van der Waals surface area (Å²) in [6.07, 6.45) is 0.660. The maximum absolute atomic E-state index is 5.54. The van der Waals surface area contributed by atoms with E-state index in [4.69, 9.17) is 14.5 Å². The molecule has 3 aromatic rings. The average Bonchev–Trinajstić information content (AvgIpc) is 3.19. The van der Waals surface area contributed by atoms with Gasteiger partial charge in [0.05, 0.1) is 20.3 Å². The van der Waals surface area contributed by atoms with Gasteiger partial charge in [-0.2, -0.15) is 0 Å². The third-order valence-corrected chi connectivity index (χ3v) is 5.08. The third-order valence-electron chi connectivity index (χ3n) is 5.08. The summed E-state index contributed by atoms with van der Waals surface area (Å²) in [5, 5.41) is 3.65. The molecule has 2 unspecified atom stereocenters. The summed E-state index contributed by atoms with van der Waals surface area (Å²) >= 11 is 0. The fraction of sp³-hybridized carbons (Fsp3) is 0.208. The topological polar surface area (TPSA) is 42.9 Å². The minimum atomic E-state index is 0.0372. The van der Waals surface area contributed by atoms with Crippen LogP contribution < -0.4 is 14.8 Å². The van der Waals surface area contributed by atoms with E-state index in [-0.39, 0.29) is 12.1 Å². The zero-order valence-electron chi connectivity index (χ0n) is 16.1. The van der Waals surface area contributed by atoms with Crippen molar-refractivity contribution < 1.29 is 9.47 Å². The number of aliphatic imine (C=N–C) groups is 1. The molecule has 3 aromatic carbocycles. The van der Waals surface area contributed by atoms with Crippen LogP contribution in [0.5, 0.6) is 11.5 Å². The molecule has 142 valence electrons. The van der Waals surface area contributed by atoms with Gasteiger partial charge in [0, 0.05) is 12.0 Å². The molecule has 4 nitrogen and oxygen atoms in total. The molecule has 1 aliphatic rings. The lowest BCUT2D eigenvalue weighted by Crippen LogP contribution is -2.25. The highest BCUT2D eigenvalue weighted by atomic mass is 16.5. The molecule has 0 amide bonds. The van der Waals surface area contributed by atoms with Crippen molar-refractivity contribution in [2.24, 2.45) is 4.99 Å². The van der Waals surface area contributed by atoms with E-state index in [1.165, 1.54) is 11.1 Å². The lowest BCUT2D eigenvalue weighted by molar-refractivity contribution is 0.400. The molecule has 28 heavy (non-hydrogen) atoms. The van der Waals surface area contributed by atoms with Crippen LogP contribution in [-0.4, -0.2) is 20.1 Å². The Hall–Kier alpha value is -3.27. The van der Waals surface area contributed by atoms with E-state index in [1.807, 2.05) is 30.3 Å². The number of amidine groups is 1.